The topological polar surface area (TPSA) is 71.4 Å². The molecule has 0 radical (unpaired) electrons. The van der Waals surface area contributed by atoms with Crippen molar-refractivity contribution in [3.05, 3.63) is 87.2 Å². The molecule has 0 aliphatic carbocycles. The molecular formula is C25H22ClN3O3. The molecule has 4 amide bonds. The van der Waals surface area contributed by atoms with E-state index in [-0.39, 0.29) is 5.57 Å². The van der Waals surface area contributed by atoms with Gasteiger partial charge in [-0.15, -0.1) is 0 Å². The van der Waals surface area contributed by atoms with Gasteiger partial charge in [0.2, 0.25) is 0 Å². The summed E-state index contributed by atoms with van der Waals surface area (Å²) in [4.78, 5) is 39.2. The SMILES string of the molecule is Cc1ccc(N2C(=O)NC(=O)/C(=C/c3cc(C)n(-c4ccccc4C)c3C)C2=O)cc1Cl. The summed E-state index contributed by atoms with van der Waals surface area (Å²) in [6, 6.07) is 14.0. The fourth-order valence-corrected chi connectivity index (χ4v) is 4.06. The summed E-state index contributed by atoms with van der Waals surface area (Å²) in [5.41, 5.74) is 5.69. The number of carbonyl (C=O) groups is 3. The van der Waals surface area contributed by atoms with Crippen LogP contribution in [0.1, 0.15) is 28.1 Å². The number of rotatable bonds is 3. The second kappa shape index (κ2) is 8.13. The first-order chi connectivity index (χ1) is 15.2. The minimum absolute atomic E-state index is 0.119. The van der Waals surface area contributed by atoms with Crippen LogP contribution in [0.2, 0.25) is 5.02 Å². The predicted molar refractivity (Wildman–Crippen MR) is 125 cm³/mol. The van der Waals surface area contributed by atoms with Gasteiger partial charge in [-0.05, 0) is 74.7 Å². The van der Waals surface area contributed by atoms with Gasteiger partial charge in [-0.2, -0.15) is 0 Å². The van der Waals surface area contributed by atoms with Crippen LogP contribution in [0.5, 0.6) is 0 Å². The van der Waals surface area contributed by atoms with Crippen molar-refractivity contribution >= 4 is 41.2 Å². The molecule has 0 bridgehead atoms. The minimum atomic E-state index is -0.803. The molecule has 6 nitrogen and oxygen atoms in total. The highest BCUT2D eigenvalue weighted by Gasteiger charge is 2.37. The van der Waals surface area contributed by atoms with E-state index in [9.17, 15) is 14.4 Å². The standard InChI is InChI=1S/C25H22ClN3O3/c1-14-9-10-19(13-21(14)26)29-24(31)20(23(30)27-25(29)32)12-18-11-16(3)28(17(18)4)22-8-6-5-7-15(22)2/h5-13H,1-4H3,(H,27,30,32)/b20-12-. The van der Waals surface area contributed by atoms with Gasteiger partial charge < -0.3 is 4.57 Å². The normalized spacial score (nSPS) is 15.5. The van der Waals surface area contributed by atoms with Gasteiger partial charge in [-0.3, -0.25) is 14.9 Å². The number of carbonyl (C=O) groups excluding carboxylic acids is 3. The highest BCUT2D eigenvalue weighted by Crippen LogP contribution is 2.29. The summed E-state index contributed by atoms with van der Waals surface area (Å²) in [5, 5.41) is 2.68. The number of anilines is 1. The Morgan fingerprint density at radius 3 is 2.31 bits per heavy atom. The van der Waals surface area contributed by atoms with Gasteiger partial charge in [0.15, 0.2) is 0 Å². The average molecular weight is 448 g/mol. The number of aromatic nitrogens is 1. The van der Waals surface area contributed by atoms with E-state index in [1.54, 1.807) is 12.1 Å². The molecule has 1 aromatic heterocycles. The van der Waals surface area contributed by atoms with Gasteiger partial charge in [0.1, 0.15) is 5.57 Å². The van der Waals surface area contributed by atoms with Crippen molar-refractivity contribution in [2.45, 2.75) is 27.7 Å². The third kappa shape index (κ3) is 3.63. The van der Waals surface area contributed by atoms with E-state index < -0.39 is 17.8 Å². The Balaban J connectivity index is 1.78. The smallest absolute Gasteiger partial charge is 0.318 e. The van der Waals surface area contributed by atoms with Gasteiger partial charge in [0.05, 0.1) is 5.69 Å². The van der Waals surface area contributed by atoms with Crippen LogP contribution in [0.3, 0.4) is 0 Å². The van der Waals surface area contributed by atoms with E-state index in [4.69, 9.17) is 11.6 Å². The molecule has 2 aromatic carbocycles. The van der Waals surface area contributed by atoms with Crippen LogP contribution in [0, 0.1) is 27.7 Å². The summed E-state index contributed by atoms with van der Waals surface area (Å²) < 4.78 is 2.08. The number of halogens is 1. The summed E-state index contributed by atoms with van der Waals surface area (Å²) in [5.74, 6) is -1.42. The van der Waals surface area contributed by atoms with Crippen LogP contribution < -0.4 is 10.2 Å². The Morgan fingerprint density at radius 1 is 0.906 bits per heavy atom. The second-order valence-corrected chi connectivity index (χ2v) is 8.25. The number of hydrogen-bond donors (Lipinski definition) is 1. The number of benzene rings is 2. The molecule has 1 saturated heterocycles. The zero-order chi connectivity index (χ0) is 23.2. The predicted octanol–water partition coefficient (Wildman–Crippen LogP) is 5.03. The van der Waals surface area contributed by atoms with Crippen LogP contribution >= 0.6 is 11.6 Å². The van der Waals surface area contributed by atoms with Crippen molar-refractivity contribution in [2.75, 3.05) is 4.90 Å². The number of barbiturate groups is 1. The molecule has 7 heteroatoms. The summed E-state index contributed by atoms with van der Waals surface area (Å²) in [7, 11) is 0. The first-order valence-electron chi connectivity index (χ1n) is 10.1. The number of nitrogens with one attached hydrogen (secondary N) is 1. The first-order valence-corrected chi connectivity index (χ1v) is 10.5. The Labute approximate surface area is 191 Å². The average Bonchev–Trinajstić information content (AvgIpc) is 3.01. The van der Waals surface area contributed by atoms with E-state index in [1.165, 1.54) is 12.1 Å². The largest absolute Gasteiger partial charge is 0.335 e. The molecule has 4 rings (SSSR count). The highest BCUT2D eigenvalue weighted by molar-refractivity contribution is 6.39. The lowest BCUT2D eigenvalue weighted by Crippen LogP contribution is -2.54. The Bertz CT molecular complexity index is 1320. The van der Waals surface area contributed by atoms with Crippen molar-refractivity contribution in [3.63, 3.8) is 0 Å². The zero-order valence-corrected chi connectivity index (χ0v) is 18.9. The lowest BCUT2D eigenvalue weighted by Gasteiger charge is -2.26. The van der Waals surface area contributed by atoms with Crippen molar-refractivity contribution < 1.29 is 14.4 Å². The van der Waals surface area contributed by atoms with Crippen LogP contribution in [0.25, 0.3) is 11.8 Å². The van der Waals surface area contributed by atoms with E-state index in [0.29, 0.717) is 10.7 Å². The number of para-hydroxylation sites is 1. The van der Waals surface area contributed by atoms with E-state index in [2.05, 4.69) is 9.88 Å². The zero-order valence-electron chi connectivity index (χ0n) is 18.2. The second-order valence-electron chi connectivity index (χ2n) is 7.84. The van der Waals surface area contributed by atoms with Gasteiger partial charge in [0, 0.05) is 22.1 Å². The van der Waals surface area contributed by atoms with Crippen molar-refractivity contribution in [1.82, 2.24) is 9.88 Å². The van der Waals surface area contributed by atoms with Gasteiger partial charge in [-0.25, -0.2) is 9.69 Å². The number of hydrogen-bond acceptors (Lipinski definition) is 3. The van der Waals surface area contributed by atoms with Gasteiger partial charge >= 0.3 is 6.03 Å². The fraction of sp³-hybridized carbons (Fsp3) is 0.160. The molecule has 32 heavy (non-hydrogen) atoms. The number of aryl methyl sites for hydroxylation is 3. The fourth-order valence-electron chi connectivity index (χ4n) is 3.89. The van der Waals surface area contributed by atoms with E-state index in [0.717, 1.165) is 38.7 Å². The Hall–Kier alpha value is -3.64. The summed E-state index contributed by atoms with van der Waals surface area (Å²) in [6.45, 7) is 7.75. The molecule has 0 unspecified atom stereocenters. The maximum atomic E-state index is 13.2. The molecular weight excluding hydrogens is 426 g/mol. The number of nitrogens with zero attached hydrogens (tertiary/aromatic N) is 2. The lowest BCUT2D eigenvalue weighted by molar-refractivity contribution is -0.122. The summed E-state index contributed by atoms with van der Waals surface area (Å²) in [6.07, 6.45) is 1.53. The van der Waals surface area contributed by atoms with Crippen molar-refractivity contribution in [1.29, 1.82) is 0 Å². The van der Waals surface area contributed by atoms with Crippen molar-refractivity contribution in [3.8, 4) is 5.69 Å². The summed E-state index contributed by atoms with van der Waals surface area (Å²) >= 11 is 6.18. The first kappa shape index (κ1) is 21.6. The Kier molecular flexibility index (Phi) is 5.48. The molecule has 1 aliphatic rings. The number of urea groups is 1. The molecule has 2 heterocycles. The van der Waals surface area contributed by atoms with E-state index >= 15 is 0 Å². The van der Waals surface area contributed by atoms with E-state index in [1.807, 2.05) is 58.0 Å². The highest BCUT2D eigenvalue weighted by atomic mass is 35.5. The quantitative estimate of drug-likeness (QED) is 0.452. The molecule has 3 aromatic rings. The van der Waals surface area contributed by atoms with Crippen LogP contribution in [0.4, 0.5) is 10.5 Å². The Morgan fingerprint density at radius 2 is 1.62 bits per heavy atom. The van der Waals surface area contributed by atoms with Crippen LogP contribution in [-0.4, -0.2) is 22.4 Å². The third-order valence-electron chi connectivity index (χ3n) is 5.64. The lowest BCUT2D eigenvalue weighted by atomic mass is 10.1. The molecule has 0 atom stereocenters. The monoisotopic (exact) mass is 447 g/mol. The molecule has 162 valence electrons. The molecule has 0 saturated carbocycles. The molecule has 1 aliphatic heterocycles. The number of amides is 4. The van der Waals surface area contributed by atoms with Gasteiger partial charge in [0.25, 0.3) is 11.8 Å². The third-order valence-corrected chi connectivity index (χ3v) is 6.05. The minimum Gasteiger partial charge on any atom is -0.318 e. The maximum absolute atomic E-state index is 13.2. The van der Waals surface area contributed by atoms with Crippen LogP contribution in [0.15, 0.2) is 54.1 Å². The number of imide groups is 2. The molecule has 1 N–H and O–H groups in total. The van der Waals surface area contributed by atoms with Gasteiger partial charge in [-0.1, -0.05) is 35.9 Å². The van der Waals surface area contributed by atoms with Crippen molar-refractivity contribution in [2.24, 2.45) is 0 Å². The molecule has 0 spiro atoms. The van der Waals surface area contributed by atoms with Crippen LogP contribution in [-0.2, 0) is 9.59 Å². The molecule has 1 fully saturated rings. The maximum Gasteiger partial charge on any atom is 0.335 e.